The number of carbonyl (C=O) groups excluding carboxylic acids is 1. The first kappa shape index (κ1) is 11.8. The van der Waals surface area contributed by atoms with Crippen LogP contribution in [0, 0.1) is 0 Å². The average molecular weight is 235 g/mol. The van der Waals surface area contributed by atoms with E-state index in [9.17, 15) is 9.59 Å². The number of rotatable bonds is 4. The fourth-order valence-electron chi connectivity index (χ4n) is 1.97. The summed E-state index contributed by atoms with van der Waals surface area (Å²) in [7, 11) is 0. The summed E-state index contributed by atoms with van der Waals surface area (Å²) in [4.78, 5) is 25.2. The normalized spacial score (nSPS) is 15.2. The largest absolute Gasteiger partial charge is 0.370 e. The molecule has 0 atom stereocenters. The number of hydrogen-bond acceptors (Lipinski definition) is 4. The second-order valence-corrected chi connectivity index (χ2v) is 4.30. The molecule has 5 nitrogen and oxygen atoms in total. The Morgan fingerprint density at radius 3 is 2.71 bits per heavy atom. The maximum Gasteiger partial charge on any atom is 0.269 e. The molecular formula is C12H17N3O2. The molecule has 2 heterocycles. The summed E-state index contributed by atoms with van der Waals surface area (Å²) in [6, 6.07) is 1.57. The van der Waals surface area contributed by atoms with Gasteiger partial charge < -0.3 is 4.90 Å². The van der Waals surface area contributed by atoms with Crippen molar-refractivity contribution in [2.45, 2.75) is 32.7 Å². The monoisotopic (exact) mass is 235 g/mol. The van der Waals surface area contributed by atoms with E-state index in [2.05, 4.69) is 10.00 Å². The van der Waals surface area contributed by atoms with Gasteiger partial charge in [-0.05, 0) is 12.8 Å². The number of ketones is 1. The minimum Gasteiger partial charge on any atom is -0.370 e. The molecule has 0 N–H and O–H groups in total. The predicted octanol–water partition coefficient (Wildman–Crippen LogP) is 0.823. The third kappa shape index (κ3) is 2.72. The number of Topliss-reactive ketones (excluding diaryl/α,β-unsaturated/α-hetero) is 1. The van der Waals surface area contributed by atoms with Crippen molar-refractivity contribution in [1.29, 1.82) is 0 Å². The van der Waals surface area contributed by atoms with E-state index >= 15 is 0 Å². The van der Waals surface area contributed by atoms with Crippen molar-refractivity contribution in [3.63, 3.8) is 0 Å². The summed E-state index contributed by atoms with van der Waals surface area (Å²) in [5, 5.41) is 4.05. The van der Waals surface area contributed by atoms with Crippen molar-refractivity contribution >= 4 is 11.5 Å². The van der Waals surface area contributed by atoms with Crippen LogP contribution in [0.3, 0.4) is 0 Å². The van der Waals surface area contributed by atoms with Crippen LogP contribution in [0.4, 0.5) is 5.69 Å². The van der Waals surface area contributed by atoms with Gasteiger partial charge in [0.1, 0.15) is 6.54 Å². The Morgan fingerprint density at radius 2 is 2.12 bits per heavy atom. The molecule has 1 aromatic heterocycles. The molecule has 1 aliphatic rings. The van der Waals surface area contributed by atoms with E-state index in [4.69, 9.17) is 0 Å². The lowest BCUT2D eigenvalue weighted by Gasteiger charge is -2.16. The number of anilines is 1. The Balaban J connectivity index is 2.16. The molecule has 0 saturated carbocycles. The number of hydrogen-bond donors (Lipinski definition) is 0. The molecule has 1 aliphatic heterocycles. The molecule has 92 valence electrons. The van der Waals surface area contributed by atoms with E-state index < -0.39 is 0 Å². The van der Waals surface area contributed by atoms with Crippen molar-refractivity contribution in [3.8, 4) is 0 Å². The van der Waals surface area contributed by atoms with Gasteiger partial charge in [-0.15, -0.1) is 0 Å². The van der Waals surface area contributed by atoms with Gasteiger partial charge in [0.05, 0.1) is 11.9 Å². The lowest BCUT2D eigenvalue weighted by atomic mass is 10.3. The molecule has 5 heteroatoms. The highest BCUT2D eigenvalue weighted by Gasteiger charge is 2.14. The van der Waals surface area contributed by atoms with Crippen LogP contribution in [0.5, 0.6) is 0 Å². The molecule has 0 spiro atoms. The van der Waals surface area contributed by atoms with E-state index in [1.54, 1.807) is 19.2 Å². The zero-order valence-electron chi connectivity index (χ0n) is 10.1. The highest BCUT2D eigenvalue weighted by molar-refractivity contribution is 5.77. The Morgan fingerprint density at radius 1 is 1.41 bits per heavy atom. The SMILES string of the molecule is CCC(=O)Cn1ncc(N2CCCC2)cc1=O. The molecule has 1 aromatic rings. The third-order valence-electron chi connectivity index (χ3n) is 3.05. The van der Waals surface area contributed by atoms with E-state index in [1.807, 2.05) is 0 Å². The van der Waals surface area contributed by atoms with E-state index in [0.29, 0.717) is 6.42 Å². The summed E-state index contributed by atoms with van der Waals surface area (Å²) >= 11 is 0. The Bertz CT molecular complexity index is 461. The third-order valence-corrected chi connectivity index (χ3v) is 3.05. The van der Waals surface area contributed by atoms with E-state index in [1.165, 1.54) is 4.68 Å². The number of carbonyl (C=O) groups is 1. The molecule has 0 bridgehead atoms. The van der Waals surface area contributed by atoms with Gasteiger partial charge in [0.15, 0.2) is 5.78 Å². The summed E-state index contributed by atoms with van der Waals surface area (Å²) in [6.45, 7) is 3.83. The van der Waals surface area contributed by atoms with Crippen molar-refractivity contribution in [3.05, 3.63) is 22.6 Å². The smallest absolute Gasteiger partial charge is 0.269 e. The molecular weight excluding hydrogens is 218 g/mol. The van der Waals surface area contributed by atoms with Gasteiger partial charge in [0.2, 0.25) is 0 Å². The van der Waals surface area contributed by atoms with Crippen LogP contribution in [0.1, 0.15) is 26.2 Å². The molecule has 0 amide bonds. The fourth-order valence-corrected chi connectivity index (χ4v) is 1.97. The van der Waals surface area contributed by atoms with Gasteiger partial charge >= 0.3 is 0 Å². The highest BCUT2D eigenvalue weighted by Crippen LogP contribution is 2.16. The van der Waals surface area contributed by atoms with Gasteiger partial charge in [-0.2, -0.15) is 5.10 Å². The summed E-state index contributed by atoms with van der Waals surface area (Å²) in [6.07, 6.45) is 4.44. The lowest BCUT2D eigenvalue weighted by Crippen LogP contribution is -2.28. The highest BCUT2D eigenvalue weighted by atomic mass is 16.1. The van der Waals surface area contributed by atoms with Crippen LogP contribution < -0.4 is 10.5 Å². The maximum absolute atomic E-state index is 11.8. The first-order valence-corrected chi connectivity index (χ1v) is 6.04. The quantitative estimate of drug-likeness (QED) is 0.775. The van der Waals surface area contributed by atoms with Crippen LogP contribution in [0.25, 0.3) is 0 Å². The van der Waals surface area contributed by atoms with Gasteiger partial charge in [0.25, 0.3) is 5.56 Å². The van der Waals surface area contributed by atoms with Gasteiger partial charge in [0, 0.05) is 25.6 Å². The van der Waals surface area contributed by atoms with E-state index in [0.717, 1.165) is 31.6 Å². The average Bonchev–Trinajstić information content (AvgIpc) is 2.85. The maximum atomic E-state index is 11.8. The fraction of sp³-hybridized carbons (Fsp3) is 0.583. The predicted molar refractivity (Wildman–Crippen MR) is 65.2 cm³/mol. The minimum atomic E-state index is -0.198. The van der Waals surface area contributed by atoms with Crippen LogP contribution in [0.2, 0.25) is 0 Å². The van der Waals surface area contributed by atoms with Gasteiger partial charge in [-0.3, -0.25) is 9.59 Å². The standard InChI is InChI=1S/C12H17N3O2/c1-2-11(16)9-15-12(17)7-10(8-13-15)14-5-3-4-6-14/h7-8H,2-6,9H2,1H3. The minimum absolute atomic E-state index is 0.0218. The van der Waals surface area contributed by atoms with Crippen LogP contribution in [-0.4, -0.2) is 28.7 Å². The molecule has 1 fully saturated rings. The van der Waals surface area contributed by atoms with Crippen molar-refractivity contribution < 1.29 is 4.79 Å². The Labute approximate surface area is 100 Å². The lowest BCUT2D eigenvalue weighted by molar-refractivity contribution is -0.119. The second kappa shape index (κ2) is 5.12. The van der Waals surface area contributed by atoms with Crippen LogP contribution >= 0.6 is 0 Å². The van der Waals surface area contributed by atoms with Gasteiger partial charge in [-0.25, -0.2) is 4.68 Å². The molecule has 0 radical (unpaired) electrons. The Kier molecular flexibility index (Phi) is 3.56. The second-order valence-electron chi connectivity index (χ2n) is 4.30. The molecule has 17 heavy (non-hydrogen) atoms. The molecule has 0 unspecified atom stereocenters. The Hall–Kier alpha value is -1.65. The first-order valence-electron chi connectivity index (χ1n) is 6.04. The number of nitrogens with zero attached hydrogens (tertiary/aromatic N) is 3. The molecule has 2 rings (SSSR count). The summed E-state index contributed by atoms with van der Waals surface area (Å²) < 4.78 is 1.23. The zero-order chi connectivity index (χ0) is 12.3. The summed E-state index contributed by atoms with van der Waals surface area (Å²) in [5.41, 5.74) is 0.670. The van der Waals surface area contributed by atoms with Crippen molar-refractivity contribution in [2.24, 2.45) is 0 Å². The van der Waals surface area contributed by atoms with Crippen molar-refractivity contribution in [1.82, 2.24) is 9.78 Å². The van der Waals surface area contributed by atoms with Crippen LogP contribution in [-0.2, 0) is 11.3 Å². The first-order chi connectivity index (χ1) is 8.20. The molecule has 0 aromatic carbocycles. The van der Waals surface area contributed by atoms with Crippen molar-refractivity contribution in [2.75, 3.05) is 18.0 Å². The van der Waals surface area contributed by atoms with E-state index in [-0.39, 0.29) is 17.9 Å². The topological polar surface area (TPSA) is 55.2 Å². The van der Waals surface area contributed by atoms with Gasteiger partial charge in [-0.1, -0.05) is 6.92 Å². The zero-order valence-corrected chi connectivity index (χ0v) is 10.1. The molecule has 0 aliphatic carbocycles. The molecule has 1 saturated heterocycles. The van der Waals surface area contributed by atoms with Crippen LogP contribution in [0.15, 0.2) is 17.1 Å². The number of aromatic nitrogens is 2. The summed E-state index contributed by atoms with van der Waals surface area (Å²) in [5.74, 6) is 0.0218.